The second-order valence-electron chi connectivity index (χ2n) is 5.03. The number of hydrogen-bond donors (Lipinski definition) is 1. The number of pyridine rings is 1. The van der Waals surface area contributed by atoms with Gasteiger partial charge in [-0.1, -0.05) is 18.2 Å². The first-order chi connectivity index (χ1) is 9.79. The van der Waals surface area contributed by atoms with Crippen molar-refractivity contribution in [2.24, 2.45) is 7.05 Å². The molecule has 4 aromatic rings. The fourth-order valence-electron chi connectivity index (χ4n) is 2.97. The third-order valence-corrected chi connectivity index (χ3v) is 3.97. The van der Waals surface area contributed by atoms with Gasteiger partial charge in [-0.25, -0.2) is 9.55 Å². The van der Waals surface area contributed by atoms with Gasteiger partial charge in [-0.2, -0.15) is 0 Å². The molecular weight excluding hydrogens is 248 g/mol. The van der Waals surface area contributed by atoms with Gasteiger partial charge in [0, 0.05) is 5.39 Å². The Bertz CT molecular complexity index is 953. The molecule has 0 aliphatic heterocycles. The van der Waals surface area contributed by atoms with Crippen molar-refractivity contribution in [3.05, 3.63) is 48.5 Å². The lowest BCUT2D eigenvalue weighted by Crippen LogP contribution is -2.30. The van der Waals surface area contributed by atoms with Crippen molar-refractivity contribution in [3.63, 3.8) is 0 Å². The second-order valence-corrected chi connectivity index (χ2v) is 5.03. The summed E-state index contributed by atoms with van der Waals surface area (Å²) in [6.45, 7) is 0. The number of fused-ring (bicyclic) bond motifs is 4. The number of para-hydroxylation sites is 1. The summed E-state index contributed by atoms with van der Waals surface area (Å²) >= 11 is 0. The van der Waals surface area contributed by atoms with E-state index in [1.807, 2.05) is 12.1 Å². The molecule has 0 spiro atoms. The van der Waals surface area contributed by atoms with Gasteiger partial charge >= 0.3 is 0 Å². The largest absolute Gasteiger partial charge is 0.496 e. The molecule has 4 rings (SSSR count). The average molecular weight is 263 g/mol. The van der Waals surface area contributed by atoms with Crippen LogP contribution in [-0.4, -0.2) is 12.1 Å². The van der Waals surface area contributed by atoms with Gasteiger partial charge < -0.3 is 4.74 Å². The first-order valence-corrected chi connectivity index (χ1v) is 6.66. The normalized spacial score (nSPS) is 11.5. The van der Waals surface area contributed by atoms with E-state index in [2.05, 4.69) is 53.0 Å². The molecule has 0 aliphatic carbocycles. The zero-order valence-corrected chi connectivity index (χ0v) is 11.5. The van der Waals surface area contributed by atoms with Gasteiger partial charge in [0.1, 0.15) is 16.8 Å². The Morgan fingerprint density at radius 3 is 2.65 bits per heavy atom. The van der Waals surface area contributed by atoms with E-state index in [-0.39, 0.29) is 0 Å². The van der Waals surface area contributed by atoms with E-state index in [1.54, 1.807) is 7.11 Å². The predicted octanol–water partition coefficient (Wildman–Crippen LogP) is 3.31. The molecule has 0 saturated carbocycles. The van der Waals surface area contributed by atoms with E-state index in [1.165, 1.54) is 10.8 Å². The zero-order valence-electron chi connectivity index (χ0n) is 11.5. The summed E-state index contributed by atoms with van der Waals surface area (Å²) in [5.74, 6) is 0.908. The number of methoxy groups -OCH3 is 1. The molecule has 2 heterocycles. The molecule has 0 bridgehead atoms. The lowest BCUT2D eigenvalue weighted by atomic mass is 10.1. The maximum atomic E-state index is 5.50. The fraction of sp³-hybridized carbons (Fsp3) is 0.118. The van der Waals surface area contributed by atoms with Crippen LogP contribution in [0.5, 0.6) is 5.75 Å². The highest BCUT2D eigenvalue weighted by atomic mass is 16.5. The lowest BCUT2D eigenvalue weighted by Gasteiger charge is -2.06. The Kier molecular flexibility index (Phi) is 2.24. The van der Waals surface area contributed by atoms with E-state index < -0.39 is 0 Å². The van der Waals surface area contributed by atoms with Crippen molar-refractivity contribution in [2.75, 3.05) is 7.11 Å². The highest BCUT2D eigenvalue weighted by Crippen LogP contribution is 2.30. The lowest BCUT2D eigenvalue weighted by molar-refractivity contribution is -0.619. The minimum Gasteiger partial charge on any atom is -0.496 e. The monoisotopic (exact) mass is 263 g/mol. The Balaban J connectivity index is 2.28. The minimum atomic E-state index is 0.908. The first kappa shape index (κ1) is 11.3. The quantitative estimate of drug-likeness (QED) is 0.524. The number of aromatic amines is 1. The standard InChI is InChI=1S/C17H14N2O/c1-19-15-8-5-9-16(20-2)13(15)10-12-11-6-3-4-7-14(11)18-17(12)19/h3-10H,1-2H3/p+1. The highest BCUT2D eigenvalue weighted by Gasteiger charge is 2.17. The van der Waals surface area contributed by atoms with Crippen molar-refractivity contribution >= 4 is 32.8 Å². The topological polar surface area (TPSA) is 28.9 Å². The number of hydrogen-bond acceptors (Lipinski definition) is 1. The molecule has 0 aliphatic rings. The number of benzene rings is 2. The Labute approximate surface area is 116 Å². The first-order valence-electron chi connectivity index (χ1n) is 6.66. The van der Waals surface area contributed by atoms with Crippen molar-refractivity contribution in [2.45, 2.75) is 0 Å². The predicted molar refractivity (Wildman–Crippen MR) is 81.0 cm³/mol. The molecule has 2 aromatic heterocycles. The second kappa shape index (κ2) is 3.97. The number of nitrogens with one attached hydrogen (secondary N) is 1. The number of rotatable bonds is 1. The average Bonchev–Trinajstić information content (AvgIpc) is 2.86. The van der Waals surface area contributed by atoms with Crippen LogP contribution in [0.15, 0.2) is 48.5 Å². The molecule has 0 amide bonds. The van der Waals surface area contributed by atoms with Crippen LogP contribution in [0.25, 0.3) is 32.8 Å². The van der Waals surface area contributed by atoms with Gasteiger partial charge in [0.25, 0.3) is 5.65 Å². The van der Waals surface area contributed by atoms with Crippen molar-refractivity contribution < 1.29 is 9.30 Å². The van der Waals surface area contributed by atoms with Crippen LogP contribution in [-0.2, 0) is 7.05 Å². The molecular formula is C17H15N2O+. The minimum absolute atomic E-state index is 0.908. The van der Waals surface area contributed by atoms with Gasteiger partial charge in [-0.3, -0.25) is 0 Å². The Morgan fingerprint density at radius 2 is 1.80 bits per heavy atom. The van der Waals surface area contributed by atoms with Crippen LogP contribution in [0, 0.1) is 0 Å². The van der Waals surface area contributed by atoms with Crippen molar-refractivity contribution in [3.8, 4) is 5.75 Å². The van der Waals surface area contributed by atoms with E-state index >= 15 is 0 Å². The number of aryl methyl sites for hydroxylation is 1. The summed E-state index contributed by atoms with van der Waals surface area (Å²) in [6, 6.07) is 16.7. The SMILES string of the molecule is COc1cccc2c1cc1c3ccccc3[nH]c1[n+]2C. The van der Waals surface area contributed by atoms with Crippen LogP contribution >= 0.6 is 0 Å². The summed E-state index contributed by atoms with van der Waals surface area (Å²) in [5.41, 5.74) is 3.45. The van der Waals surface area contributed by atoms with E-state index in [9.17, 15) is 0 Å². The van der Waals surface area contributed by atoms with Crippen LogP contribution in [0.2, 0.25) is 0 Å². The van der Waals surface area contributed by atoms with Gasteiger partial charge in [0.2, 0.25) is 0 Å². The molecule has 3 heteroatoms. The van der Waals surface area contributed by atoms with Gasteiger partial charge in [0.05, 0.1) is 24.9 Å². The van der Waals surface area contributed by atoms with E-state index in [4.69, 9.17) is 4.74 Å². The zero-order chi connectivity index (χ0) is 13.7. The molecule has 1 N–H and O–H groups in total. The highest BCUT2D eigenvalue weighted by molar-refractivity contribution is 6.08. The summed E-state index contributed by atoms with van der Waals surface area (Å²) in [6.07, 6.45) is 0. The Hall–Kier alpha value is -2.55. The number of H-pyrrole nitrogens is 1. The molecule has 0 fully saturated rings. The van der Waals surface area contributed by atoms with E-state index in [0.29, 0.717) is 0 Å². The smallest absolute Gasteiger partial charge is 0.287 e. The molecule has 2 aromatic carbocycles. The number of aromatic nitrogens is 2. The fourth-order valence-corrected chi connectivity index (χ4v) is 2.97. The molecule has 0 radical (unpaired) electrons. The van der Waals surface area contributed by atoms with Crippen LogP contribution in [0.4, 0.5) is 0 Å². The van der Waals surface area contributed by atoms with Crippen LogP contribution < -0.4 is 9.30 Å². The van der Waals surface area contributed by atoms with Gasteiger partial charge in [-0.05, 0) is 30.3 Å². The van der Waals surface area contributed by atoms with Crippen molar-refractivity contribution in [1.82, 2.24) is 4.98 Å². The summed E-state index contributed by atoms with van der Waals surface area (Å²) in [5, 5.41) is 3.60. The summed E-state index contributed by atoms with van der Waals surface area (Å²) in [4.78, 5) is 3.50. The van der Waals surface area contributed by atoms with E-state index in [0.717, 1.165) is 27.8 Å². The Morgan fingerprint density at radius 1 is 0.950 bits per heavy atom. The molecule has 0 atom stereocenters. The third-order valence-electron chi connectivity index (χ3n) is 3.97. The maximum absolute atomic E-state index is 5.50. The summed E-state index contributed by atoms with van der Waals surface area (Å²) < 4.78 is 7.68. The molecule has 20 heavy (non-hydrogen) atoms. The van der Waals surface area contributed by atoms with Gasteiger partial charge in [0.15, 0.2) is 0 Å². The molecule has 0 saturated heterocycles. The molecule has 3 nitrogen and oxygen atoms in total. The maximum Gasteiger partial charge on any atom is 0.287 e. The van der Waals surface area contributed by atoms with Crippen LogP contribution in [0.3, 0.4) is 0 Å². The summed E-state index contributed by atoms with van der Waals surface area (Å²) in [7, 11) is 3.80. The van der Waals surface area contributed by atoms with Crippen LogP contribution in [0.1, 0.15) is 0 Å². The molecule has 0 unspecified atom stereocenters. The molecule has 98 valence electrons. The number of ether oxygens (including phenoxy) is 1. The van der Waals surface area contributed by atoms with Gasteiger partial charge in [-0.15, -0.1) is 0 Å². The third kappa shape index (κ3) is 1.37. The van der Waals surface area contributed by atoms with Crippen molar-refractivity contribution in [1.29, 1.82) is 0 Å². The number of nitrogens with zero attached hydrogens (tertiary/aromatic N) is 1.